The molecule has 1 unspecified atom stereocenters. The van der Waals surface area contributed by atoms with Gasteiger partial charge in [-0.15, -0.1) is 10.2 Å². The second kappa shape index (κ2) is 8.72. The molecular weight excluding hydrogens is 368 g/mol. The van der Waals surface area contributed by atoms with Gasteiger partial charge in [-0.3, -0.25) is 4.79 Å². The summed E-state index contributed by atoms with van der Waals surface area (Å²) in [6, 6.07) is 13.4. The average molecular weight is 392 g/mol. The Bertz CT molecular complexity index is 925. The van der Waals surface area contributed by atoms with Crippen molar-refractivity contribution < 1.29 is 9.53 Å². The van der Waals surface area contributed by atoms with Crippen LogP contribution in [-0.2, 0) is 11.3 Å². The predicted octanol–water partition coefficient (Wildman–Crippen LogP) is 2.20. The lowest BCUT2D eigenvalue weighted by molar-refractivity contribution is -0.125. The minimum Gasteiger partial charge on any atom is -0.497 e. The molecule has 0 spiro atoms. The summed E-state index contributed by atoms with van der Waals surface area (Å²) in [4.78, 5) is 14.8. The van der Waals surface area contributed by atoms with Gasteiger partial charge in [-0.05, 0) is 48.7 Å². The molecule has 1 fully saturated rings. The molecule has 1 aromatic carbocycles. The van der Waals surface area contributed by atoms with Crippen molar-refractivity contribution in [3.8, 4) is 11.6 Å². The minimum atomic E-state index is -0.0606. The van der Waals surface area contributed by atoms with Crippen LogP contribution >= 0.6 is 0 Å². The smallest absolute Gasteiger partial charge is 0.225 e. The molecule has 8 nitrogen and oxygen atoms in total. The molecule has 1 aliphatic heterocycles. The summed E-state index contributed by atoms with van der Waals surface area (Å²) in [5, 5.41) is 15.8. The van der Waals surface area contributed by atoms with E-state index in [0.717, 1.165) is 36.5 Å². The maximum Gasteiger partial charge on any atom is 0.225 e. The summed E-state index contributed by atoms with van der Waals surface area (Å²) in [5.41, 5.74) is 1.05. The molecule has 29 heavy (non-hydrogen) atoms. The topological polar surface area (TPSA) is 85.2 Å². The molecule has 3 heterocycles. The van der Waals surface area contributed by atoms with E-state index < -0.39 is 0 Å². The molecule has 1 amide bonds. The number of nitrogens with one attached hydrogen (secondary N) is 1. The van der Waals surface area contributed by atoms with Crippen molar-refractivity contribution in [3.05, 3.63) is 60.4 Å². The molecule has 0 aliphatic carbocycles. The lowest BCUT2D eigenvalue weighted by atomic mass is 9.97. The van der Waals surface area contributed by atoms with Crippen molar-refractivity contribution in [3.63, 3.8) is 0 Å². The Morgan fingerprint density at radius 1 is 1.17 bits per heavy atom. The van der Waals surface area contributed by atoms with Crippen LogP contribution in [0.5, 0.6) is 5.75 Å². The molecule has 1 aliphatic rings. The van der Waals surface area contributed by atoms with E-state index in [2.05, 4.69) is 25.5 Å². The van der Waals surface area contributed by atoms with Gasteiger partial charge >= 0.3 is 0 Å². The number of hydrogen-bond acceptors (Lipinski definition) is 6. The highest BCUT2D eigenvalue weighted by atomic mass is 16.5. The number of rotatable bonds is 6. The lowest BCUT2D eigenvalue weighted by Gasteiger charge is -2.32. The van der Waals surface area contributed by atoms with Gasteiger partial charge in [0.2, 0.25) is 5.91 Å². The quantitative estimate of drug-likeness (QED) is 0.692. The van der Waals surface area contributed by atoms with Crippen LogP contribution in [0.1, 0.15) is 18.4 Å². The van der Waals surface area contributed by atoms with E-state index in [1.54, 1.807) is 18.0 Å². The molecule has 4 rings (SSSR count). The second-order valence-corrected chi connectivity index (χ2v) is 7.05. The molecule has 1 atom stereocenters. The van der Waals surface area contributed by atoms with Crippen LogP contribution in [0, 0.1) is 5.92 Å². The van der Waals surface area contributed by atoms with E-state index >= 15 is 0 Å². The first-order valence-electron chi connectivity index (χ1n) is 9.72. The summed E-state index contributed by atoms with van der Waals surface area (Å²) in [6.45, 7) is 2.03. The molecule has 2 aromatic heterocycles. The molecule has 150 valence electrons. The van der Waals surface area contributed by atoms with Gasteiger partial charge in [-0.25, -0.2) is 4.68 Å². The number of aromatic nitrogens is 4. The van der Waals surface area contributed by atoms with Gasteiger partial charge in [-0.1, -0.05) is 12.1 Å². The van der Waals surface area contributed by atoms with Crippen LogP contribution in [0.15, 0.2) is 54.9 Å². The number of amides is 1. The van der Waals surface area contributed by atoms with Gasteiger partial charge in [0.05, 0.1) is 13.0 Å². The van der Waals surface area contributed by atoms with Gasteiger partial charge in [-0.2, -0.15) is 5.10 Å². The molecule has 1 saturated heterocycles. The van der Waals surface area contributed by atoms with E-state index in [1.807, 2.05) is 48.7 Å². The van der Waals surface area contributed by atoms with Crippen molar-refractivity contribution in [1.82, 2.24) is 25.3 Å². The van der Waals surface area contributed by atoms with Gasteiger partial charge in [0.15, 0.2) is 11.6 Å². The Morgan fingerprint density at radius 3 is 2.66 bits per heavy atom. The SMILES string of the molecule is COc1ccc(CNC(=O)C2CCCN(c3ccc(-n4cccn4)nn3)C2)cc1. The normalized spacial score (nSPS) is 16.4. The average Bonchev–Trinajstić information content (AvgIpc) is 3.33. The molecule has 8 heteroatoms. The number of anilines is 1. The molecule has 3 aromatic rings. The van der Waals surface area contributed by atoms with Crippen molar-refractivity contribution in [2.75, 3.05) is 25.1 Å². The third-order valence-electron chi connectivity index (χ3n) is 5.12. The zero-order chi connectivity index (χ0) is 20.1. The number of piperidine rings is 1. The third-order valence-corrected chi connectivity index (χ3v) is 5.12. The Labute approximate surface area is 169 Å². The summed E-state index contributed by atoms with van der Waals surface area (Å²) < 4.78 is 6.83. The minimum absolute atomic E-state index is 0.0606. The first-order valence-corrected chi connectivity index (χ1v) is 9.72. The Kier molecular flexibility index (Phi) is 5.69. The van der Waals surface area contributed by atoms with Crippen LogP contribution in [0.2, 0.25) is 0 Å². The Morgan fingerprint density at radius 2 is 1.97 bits per heavy atom. The van der Waals surface area contributed by atoms with Crippen LogP contribution in [0.4, 0.5) is 5.82 Å². The fourth-order valence-corrected chi connectivity index (χ4v) is 3.49. The molecular formula is C21H24N6O2. The van der Waals surface area contributed by atoms with E-state index in [4.69, 9.17) is 4.74 Å². The largest absolute Gasteiger partial charge is 0.497 e. The molecule has 0 bridgehead atoms. The summed E-state index contributed by atoms with van der Waals surface area (Å²) in [5.74, 6) is 2.28. The van der Waals surface area contributed by atoms with Crippen LogP contribution < -0.4 is 15.0 Å². The zero-order valence-corrected chi connectivity index (χ0v) is 16.4. The van der Waals surface area contributed by atoms with E-state index in [9.17, 15) is 4.79 Å². The fourth-order valence-electron chi connectivity index (χ4n) is 3.49. The highest BCUT2D eigenvalue weighted by molar-refractivity contribution is 5.79. The van der Waals surface area contributed by atoms with Crippen molar-refractivity contribution in [2.45, 2.75) is 19.4 Å². The number of carbonyl (C=O) groups excluding carboxylic acids is 1. The van der Waals surface area contributed by atoms with E-state index in [-0.39, 0.29) is 11.8 Å². The maximum absolute atomic E-state index is 12.7. The number of nitrogens with zero attached hydrogens (tertiary/aromatic N) is 5. The summed E-state index contributed by atoms with van der Waals surface area (Å²) >= 11 is 0. The number of benzene rings is 1. The van der Waals surface area contributed by atoms with Crippen LogP contribution in [-0.4, -0.2) is 46.1 Å². The summed E-state index contributed by atoms with van der Waals surface area (Å²) in [7, 11) is 1.64. The lowest BCUT2D eigenvalue weighted by Crippen LogP contribution is -2.43. The molecule has 0 radical (unpaired) electrons. The zero-order valence-electron chi connectivity index (χ0n) is 16.4. The molecule has 1 N–H and O–H groups in total. The van der Waals surface area contributed by atoms with Gasteiger partial charge in [0.25, 0.3) is 0 Å². The van der Waals surface area contributed by atoms with Crippen molar-refractivity contribution in [2.24, 2.45) is 5.92 Å². The summed E-state index contributed by atoms with van der Waals surface area (Å²) in [6.07, 6.45) is 5.36. The standard InChI is InChI=1S/C21H24N6O2/c1-29-18-7-5-16(6-8-18)14-22-21(28)17-4-2-12-26(15-17)19-9-10-20(25-24-19)27-13-3-11-23-27/h3,5-11,13,17H,2,4,12,14-15H2,1H3,(H,22,28). The monoisotopic (exact) mass is 392 g/mol. The van der Waals surface area contributed by atoms with Crippen LogP contribution in [0.3, 0.4) is 0 Å². The fraction of sp³-hybridized carbons (Fsp3) is 0.333. The highest BCUT2D eigenvalue weighted by Gasteiger charge is 2.26. The first-order chi connectivity index (χ1) is 14.2. The predicted molar refractivity (Wildman–Crippen MR) is 109 cm³/mol. The van der Waals surface area contributed by atoms with Gasteiger partial charge < -0.3 is 15.0 Å². The first kappa shape index (κ1) is 18.9. The number of methoxy groups -OCH3 is 1. The number of ether oxygens (including phenoxy) is 1. The van der Waals surface area contributed by atoms with Gasteiger partial charge in [0, 0.05) is 32.0 Å². The Hall–Kier alpha value is -3.42. The van der Waals surface area contributed by atoms with Crippen LogP contribution in [0.25, 0.3) is 5.82 Å². The van der Waals surface area contributed by atoms with Gasteiger partial charge in [0.1, 0.15) is 5.75 Å². The van der Waals surface area contributed by atoms with E-state index in [0.29, 0.717) is 18.9 Å². The third kappa shape index (κ3) is 4.53. The number of hydrogen-bond donors (Lipinski definition) is 1. The molecule has 0 saturated carbocycles. The van der Waals surface area contributed by atoms with E-state index in [1.165, 1.54) is 0 Å². The Balaban J connectivity index is 1.34. The van der Waals surface area contributed by atoms with Crippen molar-refractivity contribution >= 4 is 11.7 Å². The highest BCUT2D eigenvalue weighted by Crippen LogP contribution is 2.22. The van der Waals surface area contributed by atoms with Crippen molar-refractivity contribution in [1.29, 1.82) is 0 Å². The second-order valence-electron chi connectivity index (χ2n) is 7.05. The maximum atomic E-state index is 12.7. The number of carbonyl (C=O) groups is 1.